The molecule has 0 aromatic heterocycles. The minimum absolute atomic E-state index is 0.722. The quantitative estimate of drug-likeness (QED) is 0.519. The van der Waals surface area contributed by atoms with Gasteiger partial charge in [0.25, 0.3) is 0 Å². The minimum atomic E-state index is 0.722. The Morgan fingerprint density at radius 3 is 2.40 bits per heavy atom. The normalized spacial score (nSPS) is 25.8. The van der Waals surface area contributed by atoms with Crippen molar-refractivity contribution in [2.24, 2.45) is 11.8 Å². The van der Waals surface area contributed by atoms with Crippen LogP contribution in [0.2, 0.25) is 0 Å². The van der Waals surface area contributed by atoms with E-state index in [-0.39, 0.29) is 0 Å². The summed E-state index contributed by atoms with van der Waals surface area (Å²) in [5.41, 5.74) is 2.82. The van der Waals surface area contributed by atoms with Gasteiger partial charge < -0.3 is 0 Å². The largest absolute Gasteiger partial charge is 0.0955 e. The molecule has 0 amide bonds. The molecule has 0 saturated heterocycles. The lowest BCUT2D eigenvalue weighted by Crippen LogP contribution is -2.05. The molecule has 0 spiro atoms. The Kier molecular flexibility index (Phi) is 1.98. The summed E-state index contributed by atoms with van der Waals surface area (Å²) in [7, 11) is 0. The molecule has 1 unspecified atom stereocenters. The van der Waals surface area contributed by atoms with Crippen LogP contribution in [0.1, 0.15) is 27.2 Å². The molecule has 0 radical (unpaired) electrons. The average Bonchev–Trinajstić information content (AvgIpc) is 2.10. The van der Waals surface area contributed by atoms with Crippen molar-refractivity contribution in [2.75, 3.05) is 0 Å². The number of hydrogen-bond acceptors (Lipinski definition) is 0. The summed E-state index contributed by atoms with van der Waals surface area (Å²) in [6.07, 6.45) is 3.46. The molecule has 0 heteroatoms. The van der Waals surface area contributed by atoms with Gasteiger partial charge in [-0.15, -0.1) is 0 Å². The molecular formula is C10H16. The molecule has 0 aliphatic heterocycles. The second-order valence-corrected chi connectivity index (χ2v) is 3.62. The van der Waals surface area contributed by atoms with Gasteiger partial charge in [0, 0.05) is 0 Å². The first-order valence-corrected chi connectivity index (χ1v) is 3.97. The summed E-state index contributed by atoms with van der Waals surface area (Å²) in [6.45, 7) is 10.8. The van der Waals surface area contributed by atoms with Gasteiger partial charge in [0.05, 0.1) is 0 Å². The fraction of sp³-hybridized carbons (Fsp3) is 0.600. The first-order valence-electron chi connectivity index (χ1n) is 3.97. The standard InChI is InChI=1S/C10H16/c1-7(2)10-6-8(3)5-9(10)4/h5,7,10H,4,6H2,1-3H3. The molecule has 1 aliphatic rings. The Morgan fingerprint density at radius 2 is 2.20 bits per heavy atom. The lowest BCUT2D eigenvalue weighted by Gasteiger charge is -2.15. The van der Waals surface area contributed by atoms with E-state index in [2.05, 4.69) is 33.4 Å². The molecule has 10 heavy (non-hydrogen) atoms. The van der Waals surface area contributed by atoms with E-state index >= 15 is 0 Å². The molecule has 1 aliphatic carbocycles. The highest BCUT2D eigenvalue weighted by atomic mass is 14.3. The predicted octanol–water partition coefficient (Wildman–Crippen LogP) is 3.16. The highest BCUT2D eigenvalue weighted by molar-refractivity contribution is 5.30. The smallest absolute Gasteiger partial charge is 0.0108 e. The van der Waals surface area contributed by atoms with Crippen LogP contribution >= 0.6 is 0 Å². The summed E-state index contributed by atoms with van der Waals surface area (Å²) in [6, 6.07) is 0. The summed E-state index contributed by atoms with van der Waals surface area (Å²) in [5.74, 6) is 1.47. The third kappa shape index (κ3) is 1.31. The fourth-order valence-electron chi connectivity index (χ4n) is 1.62. The Bertz CT molecular complexity index is 172. The zero-order valence-electron chi connectivity index (χ0n) is 7.15. The van der Waals surface area contributed by atoms with Crippen LogP contribution in [0.25, 0.3) is 0 Å². The van der Waals surface area contributed by atoms with E-state index < -0.39 is 0 Å². The highest BCUT2D eigenvalue weighted by Gasteiger charge is 2.20. The molecule has 0 aromatic carbocycles. The number of hydrogen-bond donors (Lipinski definition) is 0. The van der Waals surface area contributed by atoms with Crippen molar-refractivity contribution >= 4 is 0 Å². The van der Waals surface area contributed by atoms with E-state index in [1.165, 1.54) is 17.6 Å². The van der Waals surface area contributed by atoms with E-state index in [1.807, 2.05) is 0 Å². The van der Waals surface area contributed by atoms with Crippen molar-refractivity contribution in [2.45, 2.75) is 27.2 Å². The van der Waals surface area contributed by atoms with Gasteiger partial charge in [-0.3, -0.25) is 0 Å². The van der Waals surface area contributed by atoms with Gasteiger partial charge in [-0.1, -0.05) is 37.6 Å². The van der Waals surface area contributed by atoms with Gasteiger partial charge in [0.15, 0.2) is 0 Å². The highest BCUT2D eigenvalue weighted by Crippen LogP contribution is 2.33. The van der Waals surface area contributed by atoms with Gasteiger partial charge in [-0.05, 0) is 25.2 Å². The van der Waals surface area contributed by atoms with Crippen LogP contribution in [0.5, 0.6) is 0 Å². The van der Waals surface area contributed by atoms with Gasteiger partial charge in [-0.2, -0.15) is 0 Å². The maximum Gasteiger partial charge on any atom is -0.0108 e. The molecule has 0 saturated carbocycles. The Hall–Kier alpha value is -0.520. The van der Waals surface area contributed by atoms with Crippen LogP contribution in [0.4, 0.5) is 0 Å². The third-order valence-electron chi connectivity index (χ3n) is 2.25. The number of allylic oxidation sites excluding steroid dienone is 3. The number of rotatable bonds is 1. The SMILES string of the molecule is C=C1C=C(C)CC1C(C)C. The van der Waals surface area contributed by atoms with E-state index in [0.29, 0.717) is 0 Å². The zero-order valence-corrected chi connectivity index (χ0v) is 7.15. The second-order valence-electron chi connectivity index (χ2n) is 3.62. The van der Waals surface area contributed by atoms with Gasteiger partial charge in [0.1, 0.15) is 0 Å². The first-order chi connectivity index (χ1) is 4.61. The molecule has 56 valence electrons. The van der Waals surface area contributed by atoms with Crippen LogP contribution in [-0.4, -0.2) is 0 Å². The molecule has 1 rings (SSSR count). The molecule has 0 heterocycles. The average molecular weight is 136 g/mol. The van der Waals surface area contributed by atoms with Crippen molar-refractivity contribution in [1.82, 2.24) is 0 Å². The maximum atomic E-state index is 4.03. The third-order valence-corrected chi connectivity index (χ3v) is 2.25. The first kappa shape index (κ1) is 7.59. The zero-order chi connectivity index (χ0) is 7.72. The lowest BCUT2D eigenvalue weighted by atomic mass is 9.90. The van der Waals surface area contributed by atoms with Crippen LogP contribution in [0.15, 0.2) is 23.8 Å². The van der Waals surface area contributed by atoms with Crippen molar-refractivity contribution in [1.29, 1.82) is 0 Å². The van der Waals surface area contributed by atoms with Crippen LogP contribution < -0.4 is 0 Å². The lowest BCUT2D eigenvalue weighted by molar-refractivity contribution is 0.462. The molecule has 0 N–H and O–H groups in total. The van der Waals surface area contributed by atoms with Crippen LogP contribution in [0, 0.1) is 11.8 Å². The van der Waals surface area contributed by atoms with Crippen molar-refractivity contribution in [3.8, 4) is 0 Å². The van der Waals surface area contributed by atoms with E-state index in [4.69, 9.17) is 0 Å². The van der Waals surface area contributed by atoms with Crippen LogP contribution in [0.3, 0.4) is 0 Å². The second kappa shape index (κ2) is 2.61. The van der Waals surface area contributed by atoms with Gasteiger partial charge >= 0.3 is 0 Å². The Balaban J connectivity index is 2.64. The van der Waals surface area contributed by atoms with Crippen molar-refractivity contribution < 1.29 is 0 Å². The molecule has 0 nitrogen and oxygen atoms in total. The molecule has 0 bridgehead atoms. The molecule has 1 atom stereocenters. The van der Waals surface area contributed by atoms with Gasteiger partial charge in [0.2, 0.25) is 0 Å². The Labute approximate surface area is 63.6 Å². The van der Waals surface area contributed by atoms with Crippen LogP contribution in [-0.2, 0) is 0 Å². The summed E-state index contributed by atoms with van der Waals surface area (Å²) in [4.78, 5) is 0. The molecule has 0 aromatic rings. The fourth-order valence-corrected chi connectivity index (χ4v) is 1.62. The Morgan fingerprint density at radius 1 is 1.60 bits per heavy atom. The minimum Gasteiger partial charge on any atom is -0.0955 e. The van der Waals surface area contributed by atoms with E-state index in [0.717, 1.165) is 11.8 Å². The van der Waals surface area contributed by atoms with E-state index in [1.54, 1.807) is 0 Å². The predicted molar refractivity (Wildman–Crippen MR) is 45.8 cm³/mol. The molecular weight excluding hydrogens is 120 g/mol. The summed E-state index contributed by atoms with van der Waals surface area (Å²) < 4.78 is 0. The van der Waals surface area contributed by atoms with Gasteiger partial charge in [-0.25, -0.2) is 0 Å². The summed E-state index contributed by atoms with van der Waals surface area (Å²) >= 11 is 0. The van der Waals surface area contributed by atoms with Crippen molar-refractivity contribution in [3.63, 3.8) is 0 Å². The van der Waals surface area contributed by atoms with Crippen molar-refractivity contribution in [3.05, 3.63) is 23.8 Å². The monoisotopic (exact) mass is 136 g/mol. The topological polar surface area (TPSA) is 0 Å². The summed E-state index contributed by atoms with van der Waals surface area (Å²) in [5, 5.41) is 0. The molecule has 0 fully saturated rings. The maximum absolute atomic E-state index is 4.03. The van der Waals surface area contributed by atoms with E-state index in [9.17, 15) is 0 Å².